The van der Waals surface area contributed by atoms with Gasteiger partial charge in [-0.05, 0) is 41.0 Å². The molecule has 4 heteroatoms. The third-order valence-corrected chi connectivity index (χ3v) is 4.81. The molecule has 0 saturated carbocycles. The zero-order valence-corrected chi connectivity index (χ0v) is 14.4. The van der Waals surface area contributed by atoms with Gasteiger partial charge in [0.15, 0.2) is 0 Å². The van der Waals surface area contributed by atoms with Gasteiger partial charge in [-0.15, -0.1) is 0 Å². The maximum atomic E-state index is 12.6. The van der Waals surface area contributed by atoms with Crippen LogP contribution in [0.15, 0.2) is 66.7 Å². The van der Waals surface area contributed by atoms with Gasteiger partial charge < -0.3 is 10.2 Å². The third-order valence-electron chi connectivity index (χ3n) is 4.81. The van der Waals surface area contributed by atoms with Crippen molar-refractivity contribution in [2.24, 2.45) is 0 Å². The van der Waals surface area contributed by atoms with Gasteiger partial charge in [0.25, 0.3) is 5.91 Å². The molecule has 1 aliphatic heterocycles. The first-order valence-corrected chi connectivity index (χ1v) is 8.88. The van der Waals surface area contributed by atoms with Crippen molar-refractivity contribution in [1.82, 2.24) is 5.32 Å². The predicted molar refractivity (Wildman–Crippen MR) is 103 cm³/mol. The lowest BCUT2D eigenvalue weighted by molar-refractivity contribution is -0.117. The summed E-state index contributed by atoms with van der Waals surface area (Å²) in [6.45, 7) is 1.19. The van der Waals surface area contributed by atoms with E-state index in [2.05, 4.69) is 23.5 Å². The van der Waals surface area contributed by atoms with E-state index in [-0.39, 0.29) is 11.8 Å². The number of hydrogen-bond acceptors (Lipinski definition) is 2. The molecule has 3 aromatic rings. The lowest BCUT2D eigenvalue weighted by Crippen LogP contribution is -2.25. The smallest absolute Gasteiger partial charge is 0.251 e. The van der Waals surface area contributed by atoms with Crippen molar-refractivity contribution in [3.8, 4) is 0 Å². The van der Waals surface area contributed by atoms with Crippen LogP contribution in [0.4, 0.5) is 5.69 Å². The lowest BCUT2D eigenvalue weighted by Gasteiger charge is -2.16. The fourth-order valence-corrected chi connectivity index (χ4v) is 3.46. The van der Waals surface area contributed by atoms with Crippen molar-refractivity contribution in [3.63, 3.8) is 0 Å². The van der Waals surface area contributed by atoms with Crippen molar-refractivity contribution in [2.75, 3.05) is 11.4 Å². The minimum absolute atomic E-state index is 0.123. The fourth-order valence-electron chi connectivity index (χ4n) is 3.46. The molecule has 0 aromatic heterocycles. The highest BCUT2D eigenvalue weighted by Crippen LogP contribution is 2.22. The van der Waals surface area contributed by atoms with Gasteiger partial charge in [-0.1, -0.05) is 48.5 Å². The van der Waals surface area contributed by atoms with Gasteiger partial charge in [0.05, 0.1) is 0 Å². The number of nitrogens with one attached hydrogen (secondary N) is 1. The second-order valence-electron chi connectivity index (χ2n) is 6.52. The van der Waals surface area contributed by atoms with Gasteiger partial charge in [-0.3, -0.25) is 9.59 Å². The summed E-state index contributed by atoms with van der Waals surface area (Å²) in [7, 11) is 0. The minimum Gasteiger partial charge on any atom is -0.348 e. The number of amides is 2. The normalized spacial score (nSPS) is 14.0. The molecule has 1 aliphatic rings. The summed E-state index contributed by atoms with van der Waals surface area (Å²) in [6.07, 6.45) is 1.45. The zero-order chi connectivity index (χ0) is 17.9. The number of carbonyl (C=O) groups excluding carboxylic acids is 2. The first kappa shape index (κ1) is 16.3. The molecular formula is C22H20N2O2. The summed E-state index contributed by atoms with van der Waals surface area (Å²) >= 11 is 0. The van der Waals surface area contributed by atoms with Gasteiger partial charge in [-0.2, -0.15) is 0 Å². The van der Waals surface area contributed by atoms with Crippen LogP contribution in [-0.4, -0.2) is 18.4 Å². The van der Waals surface area contributed by atoms with Crippen molar-refractivity contribution in [3.05, 3.63) is 77.9 Å². The maximum Gasteiger partial charge on any atom is 0.251 e. The molecule has 4 rings (SSSR count). The van der Waals surface area contributed by atoms with E-state index in [0.717, 1.165) is 35.0 Å². The number of anilines is 1. The van der Waals surface area contributed by atoms with E-state index in [1.54, 1.807) is 17.0 Å². The van der Waals surface area contributed by atoms with Crippen LogP contribution in [0.2, 0.25) is 0 Å². The van der Waals surface area contributed by atoms with E-state index >= 15 is 0 Å². The quantitative estimate of drug-likeness (QED) is 0.780. The van der Waals surface area contributed by atoms with Gasteiger partial charge in [-0.25, -0.2) is 0 Å². The Morgan fingerprint density at radius 2 is 1.81 bits per heavy atom. The second kappa shape index (κ2) is 7.00. The van der Waals surface area contributed by atoms with E-state index in [1.165, 1.54) is 0 Å². The van der Waals surface area contributed by atoms with E-state index < -0.39 is 0 Å². The summed E-state index contributed by atoms with van der Waals surface area (Å²) < 4.78 is 0. The first-order chi connectivity index (χ1) is 12.7. The Kier molecular flexibility index (Phi) is 4.40. The summed E-state index contributed by atoms with van der Waals surface area (Å²) in [4.78, 5) is 26.3. The highest BCUT2D eigenvalue weighted by atomic mass is 16.2. The minimum atomic E-state index is -0.133. The summed E-state index contributed by atoms with van der Waals surface area (Å²) in [5.41, 5.74) is 2.45. The summed E-state index contributed by atoms with van der Waals surface area (Å²) in [5, 5.41) is 5.30. The van der Waals surface area contributed by atoms with Crippen LogP contribution in [0.3, 0.4) is 0 Å². The Bertz CT molecular complexity index is 975. The molecular weight excluding hydrogens is 324 g/mol. The first-order valence-electron chi connectivity index (χ1n) is 8.88. The van der Waals surface area contributed by atoms with Crippen molar-refractivity contribution in [2.45, 2.75) is 19.4 Å². The molecule has 0 spiro atoms. The van der Waals surface area contributed by atoms with Gasteiger partial charge in [0.2, 0.25) is 5.91 Å². The summed E-state index contributed by atoms with van der Waals surface area (Å²) in [5.74, 6) is -0.00950. The molecule has 0 atom stereocenters. The Labute approximate surface area is 152 Å². The number of carbonyl (C=O) groups is 2. The number of hydrogen-bond donors (Lipinski definition) is 1. The maximum absolute atomic E-state index is 12.6. The molecule has 1 heterocycles. The van der Waals surface area contributed by atoms with Gasteiger partial charge >= 0.3 is 0 Å². The van der Waals surface area contributed by atoms with Gasteiger partial charge in [0, 0.05) is 30.8 Å². The number of fused-ring (bicyclic) bond motifs is 1. The van der Waals surface area contributed by atoms with Crippen LogP contribution in [0.25, 0.3) is 10.8 Å². The second-order valence-corrected chi connectivity index (χ2v) is 6.52. The van der Waals surface area contributed by atoms with Crippen LogP contribution in [0.1, 0.15) is 28.8 Å². The monoisotopic (exact) mass is 344 g/mol. The Morgan fingerprint density at radius 3 is 2.65 bits per heavy atom. The molecule has 0 unspecified atom stereocenters. The lowest BCUT2D eigenvalue weighted by atomic mass is 10.0. The van der Waals surface area contributed by atoms with Crippen LogP contribution >= 0.6 is 0 Å². The van der Waals surface area contributed by atoms with Gasteiger partial charge in [0.1, 0.15) is 0 Å². The van der Waals surface area contributed by atoms with Crippen LogP contribution in [0, 0.1) is 0 Å². The Morgan fingerprint density at radius 1 is 1.00 bits per heavy atom. The SMILES string of the molecule is O=C(NCc1cccc2ccccc12)c1cccc(N2CCCC2=O)c1. The van der Waals surface area contributed by atoms with E-state index in [4.69, 9.17) is 0 Å². The fraction of sp³-hybridized carbons (Fsp3) is 0.182. The average molecular weight is 344 g/mol. The molecule has 0 bridgehead atoms. The predicted octanol–water partition coefficient (Wildman–Crippen LogP) is 3.90. The molecule has 1 saturated heterocycles. The third kappa shape index (κ3) is 3.18. The van der Waals surface area contributed by atoms with Crippen LogP contribution < -0.4 is 10.2 Å². The molecule has 0 radical (unpaired) electrons. The molecule has 1 fully saturated rings. The Balaban J connectivity index is 1.51. The van der Waals surface area contributed by atoms with E-state index in [0.29, 0.717) is 18.5 Å². The highest BCUT2D eigenvalue weighted by molar-refractivity contribution is 5.99. The van der Waals surface area contributed by atoms with Crippen molar-refractivity contribution >= 4 is 28.3 Å². The Hall–Kier alpha value is -3.14. The molecule has 130 valence electrons. The molecule has 2 amide bonds. The molecule has 0 aliphatic carbocycles. The average Bonchev–Trinajstić information content (AvgIpc) is 3.12. The standard InChI is InChI=1S/C22H20N2O2/c25-21-12-5-13-24(21)19-10-4-8-17(14-19)22(26)23-15-18-9-3-7-16-6-1-2-11-20(16)18/h1-4,6-11,14H,5,12-13,15H2,(H,23,26). The molecule has 26 heavy (non-hydrogen) atoms. The number of benzene rings is 3. The molecule has 3 aromatic carbocycles. The van der Waals surface area contributed by atoms with Crippen LogP contribution in [-0.2, 0) is 11.3 Å². The van der Waals surface area contributed by atoms with Crippen molar-refractivity contribution < 1.29 is 9.59 Å². The van der Waals surface area contributed by atoms with E-state index in [9.17, 15) is 9.59 Å². The molecule has 1 N–H and O–H groups in total. The number of nitrogens with zero attached hydrogens (tertiary/aromatic N) is 1. The van der Waals surface area contributed by atoms with Crippen molar-refractivity contribution in [1.29, 1.82) is 0 Å². The largest absolute Gasteiger partial charge is 0.348 e. The molecule has 4 nitrogen and oxygen atoms in total. The topological polar surface area (TPSA) is 49.4 Å². The summed E-state index contributed by atoms with van der Waals surface area (Å²) in [6, 6.07) is 21.5. The zero-order valence-electron chi connectivity index (χ0n) is 14.4. The number of rotatable bonds is 4. The highest BCUT2D eigenvalue weighted by Gasteiger charge is 2.22. The van der Waals surface area contributed by atoms with E-state index in [1.807, 2.05) is 36.4 Å². The van der Waals surface area contributed by atoms with Crippen LogP contribution in [0.5, 0.6) is 0 Å².